The van der Waals surface area contributed by atoms with Crippen molar-refractivity contribution in [2.24, 2.45) is 5.92 Å². The third-order valence-electron chi connectivity index (χ3n) is 4.26. The molecule has 1 aromatic rings. The number of halogens is 1. The Labute approximate surface area is 129 Å². The summed E-state index contributed by atoms with van der Waals surface area (Å²) in [5.41, 5.74) is 1.29. The summed E-state index contributed by atoms with van der Waals surface area (Å²) in [5.74, 6) is 0.745. The molecule has 20 heavy (non-hydrogen) atoms. The molecular formula is C17H29ClN2. The van der Waals surface area contributed by atoms with E-state index in [-0.39, 0.29) is 0 Å². The van der Waals surface area contributed by atoms with Gasteiger partial charge in [-0.15, -0.1) is 0 Å². The van der Waals surface area contributed by atoms with Crippen molar-refractivity contribution in [3.05, 3.63) is 34.9 Å². The van der Waals surface area contributed by atoms with Crippen LogP contribution in [0.1, 0.15) is 45.2 Å². The van der Waals surface area contributed by atoms with E-state index in [1.54, 1.807) is 0 Å². The monoisotopic (exact) mass is 296 g/mol. The van der Waals surface area contributed by atoms with E-state index in [9.17, 15) is 0 Å². The zero-order valence-corrected chi connectivity index (χ0v) is 14.2. The highest BCUT2D eigenvalue weighted by Crippen LogP contribution is 2.19. The van der Waals surface area contributed by atoms with Gasteiger partial charge in [0, 0.05) is 23.7 Å². The summed E-state index contributed by atoms with van der Waals surface area (Å²) in [6, 6.07) is 9.05. The quantitative estimate of drug-likeness (QED) is 0.767. The van der Waals surface area contributed by atoms with E-state index in [2.05, 4.69) is 57.2 Å². The lowest BCUT2D eigenvalue weighted by atomic mass is 9.93. The number of rotatable bonds is 8. The van der Waals surface area contributed by atoms with Gasteiger partial charge >= 0.3 is 0 Å². The maximum absolute atomic E-state index is 5.94. The van der Waals surface area contributed by atoms with Crippen LogP contribution in [0.15, 0.2) is 24.3 Å². The predicted molar refractivity (Wildman–Crippen MR) is 89.4 cm³/mol. The van der Waals surface area contributed by atoms with Gasteiger partial charge < -0.3 is 10.2 Å². The summed E-state index contributed by atoms with van der Waals surface area (Å²) in [6.45, 7) is 7.80. The first kappa shape index (κ1) is 17.5. The van der Waals surface area contributed by atoms with Gasteiger partial charge in [0.1, 0.15) is 0 Å². The molecule has 0 aliphatic rings. The Kier molecular flexibility index (Phi) is 7.57. The highest BCUT2D eigenvalue weighted by Gasteiger charge is 2.21. The van der Waals surface area contributed by atoms with Gasteiger partial charge in [-0.25, -0.2) is 0 Å². The summed E-state index contributed by atoms with van der Waals surface area (Å²) in [7, 11) is 4.36. The van der Waals surface area contributed by atoms with E-state index < -0.39 is 0 Å². The van der Waals surface area contributed by atoms with Gasteiger partial charge in [0.2, 0.25) is 0 Å². The summed E-state index contributed by atoms with van der Waals surface area (Å²) in [5, 5.41) is 4.46. The Morgan fingerprint density at radius 2 is 1.65 bits per heavy atom. The van der Waals surface area contributed by atoms with Crippen LogP contribution in [0.3, 0.4) is 0 Å². The second kappa shape index (κ2) is 8.66. The molecule has 0 spiro atoms. The number of hydrogen-bond acceptors (Lipinski definition) is 2. The molecule has 0 amide bonds. The average molecular weight is 297 g/mol. The molecule has 0 fully saturated rings. The second-order valence-electron chi connectivity index (χ2n) is 5.79. The number of nitrogens with zero attached hydrogens (tertiary/aromatic N) is 1. The Balaban J connectivity index is 2.60. The fraction of sp³-hybridized carbons (Fsp3) is 0.647. The summed E-state index contributed by atoms with van der Waals surface area (Å²) < 4.78 is 0. The van der Waals surface area contributed by atoms with Crippen LogP contribution in [0.5, 0.6) is 0 Å². The molecule has 0 heterocycles. The van der Waals surface area contributed by atoms with Crippen molar-refractivity contribution in [1.29, 1.82) is 0 Å². The Morgan fingerprint density at radius 1 is 1.10 bits per heavy atom. The van der Waals surface area contributed by atoms with E-state index >= 15 is 0 Å². The van der Waals surface area contributed by atoms with E-state index in [0.29, 0.717) is 12.1 Å². The smallest absolute Gasteiger partial charge is 0.0406 e. The van der Waals surface area contributed by atoms with Gasteiger partial charge in [0.05, 0.1) is 0 Å². The van der Waals surface area contributed by atoms with Crippen molar-refractivity contribution in [3.8, 4) is 0 Å². The van der Waals surface area contributed by atoms with Gasteiger partial charge in [-0.3, -0.25) is 0 Å². The first-order chi connectivity index (χ1) is 9.49. The molecule has 0 aromatic heterocycles. The van der Waals surface area contributed by atoms with Crippen molar-refractivity contribution in [2.75, 3.05) is 20.6 Å². The second-order valence-corrected chi connectivity index (χ2v) is 6.23. The molecule has 1 aromatic carbocycles. The van der Waals surface area contributed by atoms with E-state index in [4.69, 9.17) is 11.6 Å². The molecule has 1 N–H and O–H groups in total. The molecular weight excluding hydrogens is 268 g/mol. The lowest BCUT2D eigenvalue weighted by Crippen LogP contribution is -2.43. The van der Waals surface area contributed by atoms with Crippen molar-refractivity contribution >= 4 is 11.6 Å². The molecule has 0 saturated heterocycles. The fourth-order valence-electron chi connectivity index (χ4n) is 2.77. The van der Waals surface area contributed by atoms with Gasteiger partial charge in [-0.1, -0.05) is 50.4 Å². The lowest BCUT2D eigenvalue weighted by Gasteiger charge is -2.32. The SMILES string of the molecule is CCC(CC)C(CNC(C)c1ccc(Cl)cc1)N(C)C. The molecule has 2 atom stereocenters. The first-order valence-electron chi connectivity index (χ1n) is 7.64. The molecule has 2 nitrogen and oxygen atoms in total. The maximum atomic E-state index is 5.94. The van der Waals surface area contributed by atoms with Gasteiger partial charge in [-0.05, 0) is 44.6 Å². The molecule has 114 valence electrons. The van der Waals surface area contributed by atoms with Crippen LogP contribution >= 0.6 is 11.6 Å². The number of hydrogen-bond donors (Lipinski definition) is 1. The number of nitrogens with one attached hydrogen (secondary N) is 1. The van der Waals surface area contributed by atoms with Crippen LogP contribution in [0.2, 0.25) is 5.02 Å². The molecule has 2 unspecified atom stereocenters. The third kappa shape index (κ3) is 5.08. The van der Waals surface area contributed by atoms with Crippen LogP contribution < -0.4 is 5.32 Å². The number of likely N-dealkylation sites (N-methyl/N-ethyl adjacent to an activating group) is 1. The van der Waals surface area contributed by atoms with E-state index in [1.807, 2.05) is 12.1 Å². The number of benzene rings is 1. The van der Waals surface area contributed by atoms with Crippen molar-refractivity contribution in [2.45, 2.75) is 45.7 Å². The molecule has 1 rings (SSSR count). The third-order valence-corrected chi connectivity index (χ3v) is 4.51. The van der Waals surface area contributed by atoms with Gasteiger partial charge in [0.15, 0.2) is 0 Å². The zero-order valence-electron chi connectivity index (χ0n) is 13.5. The Morgan fingerprint density at radius 3 is 2.10 bits per heavy atom. The minimum absolute atomic E-state index is 0.351. The van der Waals surface area contributed by atoms with Gasteiger partial charge in [0.25, 0.3) is 0 Å². The average Bonchev–Trinajstić information content (AvgIpc) is 2.43. The van der Waals surface area contributed by atoms with Crippen LogP contribution in [-0.4, -0.2) is 31.6 Å². The molecule has 0 bridgehead atoms. The summed E-state index contributed by atoms with van der Waals surface area (Å²) in [6.07, 6.45) is 2.46. The normalized spacial score (nSPS) is 14.8. The minimum Gasteiger partial charge on any atom is -0.309 e. The minimum atomic E-state index is 0.351. The topological polar surface area (TPSA) is 15.3 Å². The van der Waals surface area contributed by atoms with Crippen molar-refractivity contribution in [1.82, 2.24) is 10.2 Å². The first-order valence-corrected chi connectivity index (χ1v) is 8.02. The van der Waals surface area contributed by atoms with Crippen LogP contribution in [0, 0.1) is 5.92 Å². The Bertz CT molecular complexity index is 371. The van der Waals surface area contributed by atoms with E-state index in [0.717, 1.165) is 17.5 Å². The fourth-order valence-corrected chi connectivity index (χ4v) is 2.90. The summed E-state index contributed by atoms with van der Waals surface area (Å²) in [4.78, 5) is 2.35. The highest BCUT2D eigenvalue weighted by atomic mass is 35.5. The molecule has 0 saturated carbocycles. The summed E-state index contributed by atoms with van der Waals surface area (Å²) >= 11 is 5.94. The van der Waals surface area contributed by atoms with Crippen LogP contribution in [0.4, 0.5) is 0 Å². The predicted octanol–water partition coefficient (Wildman–Crippen LogP) is 4.36. The zero-order chi connectivity index (χ0) is 15.1. The molecule has 3 heteroatoms. The lowest BCUT2D eigenvalue weighted by molar-refractivity contribution is 0.190. The van der Waals surface area contributed by atoms with Crippen molar-refractivity contribution in [3.63, 3.8) is 0 Å². The molecule has 0 aliphatic heterocycles. The van der Waals surface area contributed by atoms with Crippen molar-refractivity contribution < 1.29 is 0 Å². The van der Waals surface area contributed by atoms with Gasteiger partial charge in [-0.2, -0.15) is 0 Å². The van der Waals surface area contributed by atoms with Crippen LogP contribution in [0.25, 0.3) is 0 Å². The maximum Gasteiger partial charge on any atom is 0.0406 e. The van der Waals surface area contributed by atoms with E-state index in [1.165, 1.54) is 18.4 Å². The van der Waals surface area contributed by atoms with Crippen LogP contribution in [-0.2, 0) is 0 Å². The largest absolute Gasteiger partial charge is 0.309 e. The molecule has 0 aliphatic carbocycles. The standard InChI is InChI=1S/C17H29ClN2/c1-6-14(7-2)17(20(4)5)12-19-13(3)15-8-10-16(18)11-9-15/h8-11,13-14,17,19H,6-7,12H2,1-5H3. The highest BCUT2D eigenvalue weighted by molar-refractivity contribution is 6.30. The Hall–Kier alpha value is -0.570. The molecule has 0 radical (unpaired) electrons.